The van der Waals surface area contributed by atoms with E-state index < -0.39 is 0 Å². The molecule has 0 radical (unpaired) electrons. The first-order chi connectivity index (χ1) is 13.2. The molecule has 2 aliphatic rings. The normalized spacial score (nSPS) is 18.5. The van der Waals surface area contributed by atoms with Gasteiger partial charge in [0.1, 0.15) is 0 Å². The lowest BCUT2D eigenvalue weighted by atomic mass is 10.1. The second-order valence-electron chi connectivity index (χ2n) is 7.08. The highest BCUT2D eigenvalue weighted by atomic mass is 32.2. The molecule has 1 N–H and O–H groups in total. The molecular weight excluding hydrogens is 362 g/mol. The number of furan rings is 1. The second kappa shape index (κ2) is 8.31. The zero-order valence-electron chi connectivity index (χ0n) is 15.3. The van der Waals surface area contributed by atoms with Crippen LogP contribution in [0.3, 0.4) is 0 Å². The Morgan fingerprint density at radius 1 is 1.33 bits per heavy atom. The molecule has 1 aliphatic carbocycles. The fraction of sp³-hybridized carbons (Fsp3) is 0.526. The van der Waals surface area contributed by atoms with Gasteiger partial charge in [0.15, 0.2) is 10.9 Å². The molecule has 0 spiro atoms. The first kappa shape index (κ1) is 18.3. The van der Waals surface area contributed by atoms with Gasteiger partial charge in [-0.25, -0.2) is 0 Å². The van der Waals surface area contributed by atoms with E-state index >= 15 is 0 Å². The first-order valence-electron chi connectivity index (χ1n) is 9.49. The van der Waals surface area contributed by atoms with Gasteiger partial charge >= 0.3 is 0 Å². The van der Waals surface area contributed by atoms with Gasteiger partial charge in [-0.1, -0.05) is 17.8 Å². The maximum Gasteiger partial charge on any atom is 0.230 e. The molecule has 1 amide bonds. The van der Waals surface area contributed by atoms with Crippen LogP contribution in [-0.2, 0) is 11.3 Å². The van der Waals surface area contributed by atoms with Crippen LogP contribution in [0.5, 0.6) is 0 Å². The van der Waals surface area contributed by atoms with Gasteiger partial charge in [0.25, 0.3) is 0 Å². The molecular formula is C19H25N5O2S. The van der Waals surface area contributed by atoms with Crippen LogP contribution in [0.2, 0.25) is 0 Å². The lowest BCUT2D eigenvalue weighted by Gasteiger charge is -2.32. The number of hydrogen-bond donors (Lipinski definition) is 1. The number of allylic oxidation sites excluding steroid dienone is 1. The maximum absolute atomic E-state index is 12.4. The van der Waals surface area contributed by atoms with Crippen molar-refractivity contribution in [3.8, 4) is 11.6 Å². The second-order valence-corrected chi connectivity index (χ2v) is 8.02. The zero-order chi connectivity index (χ0) is 18.6. The van der Waals surface area contributed by atoms with Gasteiger partial charge in [-0.2, -0.15) is 0 Å². The topological polar surface area (TPSA) is 76.2 Å². The molecule has 2 aromatic heterocycles. The summed E-state index contributed by atoms with van der Waals surface area (Å²) < 4.78 is 7.34. The average molecular weight is 388 g/mol. The van der Waals surface area contributed by atoms with Crippen LogP contribution in [-0.4, -0.2) is 56.5 Å². The Balaban J connectivity index is 1.30. The van der Waals surface area contributed by atoms with Crippen molar-refractivity contribution in [2.45, 2.75) is 49.5 Å². The predicted octanol–water partition coefficient (Wildman–Crippen LogP) is 2.56. The number of aromatic nitrogens is 3. The fourth-order valence-corrected chi connectivity index (χ4v) is 4.28. The van der Waals surface area contributed by atoms with Crippen LogP contribution in [0.15, 0.2) is 40.6 Å². The van der Waals surface area contributed by atoms with Crippen molar-refractivity contribution in [3.05, 3.63) is 31.1 Å². The third-order valence-corrected chi connectivity index (χ3v) is 6.03. The Hall–Kier alpha value is -2.06. The molecule has 144 valence electrons. The van der Waals surface area contributed by atoms with Gasteiger partial charge in [0.2, 0.25) is 11.7 Å². The number of amides is 1. The minimum atomic E-state index is 0.0533. The molecule has 0 atom stereocenters. The molecule has 0 aromatic carbocycles. The number of nitrogens with zero attached hydrogens (tertiary/aromatic N) is 4. The first-order valence-corrected chi connectivity index (χ1v) is 10.5. The largest absolute Gasteiger partial charge is 0.461 e. The smallest absolute Gasteiger partial charge is 0.230 e. The molecule has 7 nitrogen and oxygen atoms in total. The Morgan fingerprint density at radius 2 is 2.15 bits per heavy atom. The van der Waals surface area contributed by atoms with Crippen LogP contribution in [0.25, 0.3) is 11.6 Å². The molecule has 1 saturated heterocycles. The van der Waals surface area contributed by atoms with Crippen molar-refractivity contribution < 1.29 is 9.21 Å². The molecule has 3 heterocycles. The molecule has 1 saturated carbocycles. The number of carbonyl (C=O) groups excluding carboxylic acids is 1. The monoisotopic (exact) mass is 387 g/mol. The Bertz CT molecular complexity index is 776. The van der Waals surface area contributed by atoms with E-state index in [2.05, 4.69) is 27.0 Å². The van der Waals surface area contributed by atoms with Gasteiger partial charge in [0, 0.05) is 31.7 Å². The van der Waals surface area contributed by atoms with Gasteiger partial charge in [-0.05, 0) is 37.8 Å². The Labute approximate surface area is 163 Å². The van der Waals surface area contributed by atoms with Gasteiger partial charge in [0.05, 0.1) is 12.0 Å². The molecule has 4 rings (SSSR count). The SMILES string of the molecule is C=CCn1c(SCC(=O)NC2CCN(C3CC3)CC2)nnc1-c1ccco1. The maximum atomic E-state index is 12.4. The Morgan fingerprint density at radius 3 is 2.81 bits per heavy atom. The summed E-state index contributed by atoms with van der Waals surface area (Å²) >= 11 is 1.39. The van der Waals surface area contributed by atoms with E-state index in [1.165, 1.54) is 24.6 Å². The van der Waals surface area contributed by atoms with Crippen LogP contribution >= 0.6 is 11.8 Å². The summed E-state index contributed by atoms with van der Waals surface area (Å²) in [5, 5.41) is 12.3. The minimum absolute atomic E-state index is 0.0533. The summed E-state index contributed by atoms with van der Waals surface area (Å²) in [6, 6.07) is 4.77. The van der Waals surface area contributed by atoms with Gasteiger partial charge in [-0.3, -0.25) is 9.36 Å². The van der Waals surface area contributed by atoms with E-state index in [4.69, 9.17) is 4.42 Å². The molecule has 27 heavy (non-hydrogen) atoms. The number of hydrogen-bond acceptors (Lipinski definition) is 6. The number of likely N-dealkylation sites (tertiary alicyclic amines) is 1. The summed E-state index contributed by atoms with van der Waals surface area (Å²) in [6.45, 7) is 6.56. The zero-order valence-corrected chi connectivity index (χ0v) is 16.2. The highest BCUT2D eigenvalue weighted by molar-refractivity contribution is 7.99. The van der Waals surface area contributed by atoms with Crippen LogP contribution in [0, 0.1) is 0 Å². The van der Waals surface area contributed by atoms with Crippen molar-refractivity contribution >= 4 is 17.7 Å². The molecule has 0 bridgehead atoms. The van der Waals surface area contributed by atoms with Crippen molar-refractivity contribution in [1.82, 2.24) is 25.0 Å². The van der Waals surface area contributed by atoms with Crippen molar-refractivity contribution in [1.29, 1.82) is 0 Å². The minimum Gasteiger partial charge on any atom is -0.461 e. The lowest BCUT2D eigenvalue weighted by molar-refractivity contribution is -0.119. The molecule has 0 unspecified atom stereocenters. The van der Waals surface area contributed by atoms with Crippen molar-refractivity contribution in [2.75, 3.05) is 18.8 Å². The summed E-state index contributed by atoms with van der Waals surface area (Å²) in [6.07, 6.45) is 8.17. The number of carbonyl (C=O) groups is 1. The van der Waals surface area contributed by atoms with E-state index in [0.29, 0.717) is 29.0 Å². The average Bonchev–Trinajstić information content (AvgIpc) is 3.23. The highest BCUT2D eigenvalue weighted by Crippen LogP contribution is 2.29. The van der Waals surface area contributed by atoms with Crippen LogP contribution in [0.1, 0.15) is 25.7 Å². The lowest BCUT2D eigenvalue weighted by Crippen LogP contribution is -2.45. The number of piperidine rings is 1. The van der Waals surface area contributed by atoms with Crippen molar-refractivity contribution in [2.24, 2.45) is 0 Å². The van der Waals surface area contributed by atoms with Crippen LogP contribution in [0.4, 0.5) is 0 Å². The number of nitrogens with one attached hydrogen (secondary N) is 1. The summed E-state index contributed by atoms with van der Waals surface area (Å²) in [7, 11) is 0. The van der Waals surface area contributed by atoms with Crippen molar-refractivity contribution in [3.63, 3.8) is 0 Å². The number of thioether (sulfide) groups is 1. The molecule has 8 heteroatoms. The van der Waals surface area contributed by atoms with Crippen LogP contribution < -0.4 is 5.32 Å². The summed E-state index contributed by atoms with van der Waals surface area (Å²) in [5.41, 5.74) is 0. The van der Waals surface area contributed by atoms with E-state index in [1.807, 2.05) is 16.7 Å². The molecule has 1 aliphatic heterocycles. The fourth-order valence-electron chi connectivity index (χ4n) is 3.53. The summed E-state index contributed by atoms with van der Waals surface area (Å²) in [5.74, 6) is 1.69. The highest BCUT2D eigenvalue weighted by Gasteiger charge is 2.32. The predicted molar refractivity (Wildman–Crippen MR) is 104 cm³/mol. The van der Waals surface area contributed by atoms with E-state index in [-0.39, 0.29) is 11.9 Å². The molecule has 2 fully saturated rings. The third-order valence-electron chi connectivity index (χ3n) is 5.06. The third kappa shape index (κ3) is 4.44. The van der Waals surface area contributed by atoms with E-state index in [1.54, 1.807) is 12.3 Å². The van der Waals surface area contributed by atoms with E-state index in [0.717, 1.165) is 32.0 Å². The Kier molecular flexibility index (Phi) is 5.63. The van der Waals surface area contributed by atoms with E-state index in [9.17, 15) is 4.79 Å². The molecule has 2 aromatic rings. The summed E-state index contributed by atoms with van der Waals surface area (Å²) in [4.78, 5) is 14.9. The standard InChI is InChI=1S/C19H25N5O2S/c1-2-9-24-18(16-4-3-12-26-16)21-22-19(24)27-13-17(25)20-14-7-10-23(11-8-14)15-5-6-15/h2-4,12,14-15H,1,5-11,13H2,(H,20,25). The van der Waals surface area contributed by atoms with Gasteiger partial charge in [-0.15, -0.1) is 16.8 Å². The number of rotatable bonds is 8. The quantitative estimate of drug-likeness (QED) is 0.554. The van der Waals surface area contributed by atoms with Gasteiger partial charge < -0.3 is 14.6 Å².